The normalized spacial score (nSPS) is 10.5. The van der Waals surface area contributed by atoms with Crippen LogP contribution in [0.15, 0.2) is 24.4 Å². The lowest BCUT2D eigenvalue weighted by Crippen LogP contribution is -2.21. The van der Waals surface area contributed by atoms with Gasteiger partial charge in [-0.25, -0.2) is 0 Å². The molecular formula is C8H13N3. The van der Waals surface area contributed by atoms with E-state index in [4.69, 9.17) is 11.5 Å². The predicted octanol–water partition coefficient (Wildman–Crippen LogP) is 0.0826. The largest absolute Gasteiger partial charge is 0.330 e. The van der Waals surface area contributed by atoms with Crippen molar-refractivity contribution in [3.63, 3.8) is 0 Å². The molecule has 0 aromatic carbocycles. The zero-order chi connectivity index (χ0) is 8.10. The van der Waals surface area contributed by atoms with Crippen molar-refractivity contribution in [2.45, 2.75) is 5.92 Å². The van der Waals surface area contributed by atoms with Crippen molar-refractivity contribution in [3.8, 4) is 0 Å². The van der Waals surface area contributed by atoms with Gasteiger partial charge in [-0.05, 0) is 12.1 Å². The molecule has 3 heteroatoms. The zero-order valence-electron chi connectivity index (χ0n) is 6.40. The molecular weight excluding hydrogens is 138 g/mol. The minimum Gasteiger partial charge on any atom is -0.330 e. The van der Waals surface area contributed by atoms with E-state index >= 15 is 0 Å². The maximum absolute atomic E-state index is 5.50. The monoisotopic (exact) mass is 151 g/mol. The first-order valence-corrected chi connectivity index (χ1v) is 3.69. The smallest absolute Gasteiger partial charge is 0.0459 e. The Kier molecular flexibility index (Phi) is 3.01. The van der Waals surface area contributed by atoms with E-state index in [1.54, 1.807) is 6.20 Å². The van der Waals surface area contributed by atoms with Crippen molar-refractivity contribution in [2.75, 3.05) is 13.1 Å². The van der Waals surface area contributed by atoms with Crippen LogP contribution in [0.25, 0.3) is 0 Å². The molecule has 0 aliphatic carbocycles. The number of pyridine rings is 1. The molecule has 0 aliphatic heterocycles. The van der Waals surface area contributed by atoms with Crippen LogP contribution in [-0.4, -0.2) is 18.1 Å². The van der Waals surface area contributed by atoms with Gasteiger partial charge in [-0.3, -0.25) is 4.98 Å². The summed E-state index contributed by atoms with van der Waals surface area (Å²) in [5, 5.41) is 0. The van der Waals surface area contributed by atoms with E-state index in [-0.39, 0.29) is 5.92 Å². The maximum Gasteiger partial charge on any atom is 0.0459 e. The molecule has 0 amide bonds. The second kappa shape index (κ2) is 4.05. The highest BCUT2D eigenvalue weighted by Crippen LogP contribution is 2.07. The minimum atomic E-state index is 0.205. The van der Waals surface area contributed by atoms with Crippen molar-refractivity contribution < 1.29 is 0 Å². The molecule has 11 heavy (non-hydrogen) atoms. The Morgan fingerprint density at radius 3 is 2.45 bits per heavy atom. The summed E-state index contributed by atoms with van der Waals surface area (Å²) in [6.07, 6.45) is 1.76. The van der Waals surface area contributed by atoms with E-state index in [1.807, 2.05) is 18.2 Å². The van der Waals surface area contributed by atoms with Crippen molar-refractivity contribution in [1.29, 1.82) is 0 Å². The Balaban J connectivity index is 2.74. The molecule has 0 fully saturated rings. The molecule has 0 saturated carbocycles. The van der Waals surface area contributed by atoms with Gasteiger partial charge in [-0.1, -0.05) is 6.07 Å². The van der Waals surface area contributed by atoms with Crippen LogP contribution in [0.2, 0.25) is 0 Å². The Labute approximate surface area is 66.4 Å². The van der Waals surface area contributed by atoms with Gasteiger partial charge in [0.1, 0.15) is 0 Å². The van der Waals surface area contributed by atoms with Crippen LogP contribution in [0.5, 0.6) is 0 Å². The topological polar surface area (TPSA) is 64.9 Å². The third kappa shape index (κ3) is 2.00. The fraction of sp³-hybridized carbons (Fsp3) is 0.375. The first-order chi connectivity index (χ1) is 5.38. The molecule has 0 unspecified atom stereocenters. The minimum absolute atomic E-state index is 0.205. The number of rotatable bonds is 3. The van der Waals surface area contributed by atoms with Gasteiger partial charge in [0.15, 0.2) is 0 Å². The molecule has 0 radical (unpaired) electrons. The molecule has 1 heterocycles. The SMILES string of the molecule is NCC(CN)c1ccccn1. The maximum atomic E-state index is 5.50. The molecule has 1 aromatic heterocycles. The molecule has 1 aromatic rings. The molecule has 60 valence electrons. The van der Waals surface area contributed by atoms with Gasteiger partial charge < -0.3 is 11.5 Å². The summed E-state index contributed by atoms with van der Waals surface area (Å²) in [5.41, 5.74) is 12.0. The average molecular weight is 151 g/mol. The first-order valence-electron chi connectivity index (χ1n) is 3.69. The molecule has 0 aliphatic rings. The van der Waals surface area contributed by atoms with Gasteiger partial charge in [0.2, 0.25) is 0 Å². The van der Waals surface area contributed by atoms with Crippen molar-refractivity contribution >= 4 is 0 Å². The van der Waals surface area contributed by atoms with Gasteiger partial charge in [0.25, 0.3) is 0 Å². The van der Waals surface area contributed by atoms with Crippen LogP contribution in [0, 0.1) is 0 Å². The molecule has 4 N–H and O–H groups in total. The Hall–Kier alpha value is -0.930. The highest BCUT2D eigenvalue weighted by molar-refractivity contribution is 5.10. The van der Waals surface area contributed by atoms with Gasteiger partial charge in [0, 0.05) is 30.9 Å². The average Bonchev–Trinajstić information content (AvgIpc) is 2.09. The summed E-state index contributed by atoms with van der Waals surface area (Å²) >= 11 is 0. The van der Waals surface area contributed by atoms with E-state index in [0.29, 0.717) is 13.1 Å². The summed E-state index contributed by atoms with van der Waals surface area (Å²) in [7, 11) is 0. The second-order valence-corrected chi connectivity index (χ2v) is 2.42. The Morgan fingerprint density at radius 2 is 2.00 bits per heavy atom. The van der Waals surface area contributed by atoms with Crippen LogP contribution in [0.4, 0.5) is 0 Å². The van der Waals surface area contributed by atoms with E-state index < -0.39 is 0 Å². The van der Waals surface area contributed by atoms with Crippen molar-refractivity contribution in [2.24, 2.45) is 11.5 Å². The quantitative estimate of drug-likeness (QED) is 0.643. The van der Waals surface area contributed by atoms with E-state index in [2.05, 4.69) is 4.98 Å². The summed E-state index contributed by atoms with van der Waals surface area (Å²) < 4.78 is 0. The summed E-state index contributed by atoms with van der Waals surface area (Å²) in [6.45, 7) is 1.13. The lowest BCUT2D eigenvalue weighted by atomic mass is 10.1. The highest BCUT2D eigenvalue weighted by atomic mass is 14.7. The Bertz CT molecular complexity index is 194. The number of hydrogen-bond acceptors (Lipinski definition) is 3. The lowest BCUT2D eigenvalue weighted by Gasteiger charge is -2.09. The third-order valence-electron chi connectivity index (χ3n) is 1.68. The second-order valence-electron chi connectivity index (χ2n) is 2.42. The number of hydrogen-bond donors (Lipinski definition) is 2. The molecule has 1 rings (SSSR count). The fourth-order valence-corrected chi connectivity index (χ4v) is 0.955. The summed E-state index contributed by atoms with van der Waals surface area (Å²) in [6, 6.07) is 5.78. The van der Waals surface area contributed by atoms with Crippen molar-refractivity contribution in [3.05, 3.63) is 30.1 Å². The van der Waals surface area contributed by atoms with E-state index in [0.717, 1.165) is 5.69 Å². The van der Waals surface area contributed by atoms with E-state index in [9.17, 15) is 0 Å². The summed E-state index contributed by atoms with van der Waals surface area (Å²) in [5.74, 6) is 0.205. The lowest BCUT2D eigenvalue weighted by molar-refractivity contribution is 0.686. The predicted molar refractivity (Wildman–Crippen MR) is 45.1 cm³/mol. The van der Waals surface area contributed by atoms with Gasteiger partial charge in [0.05, 0.1) is 0 Å². The first kappa shape index (κ1) is 8.17. The van der Waals surface area contributed by atoms with Crippen LogP contribution >= 0.6 is 0 Å². The molecule has 0 saturated heterocycles. The highest BCUT2D eigenvalue weighted by Gasteiger charge is 2.06. The van der Waals surface area contributed by atoms with Crippen LogP contribution in [0.3, 0.4) is 0 Å². The third-order valence-corrected chi connectivity index (χ3v) is 1.68. The number of nitrogens with zero attached hydrogens (tertiary/aromatic N) is 1. The number of nitrogens with two attached hydrogens (primary N) is 2. The van der Waals surface area contributed by atoms with E-state index in [1.165, 1.54) is 0 Å². The molecule has 3 nitrogen and oxygen atoms in total. The van der Waals surface area contributed by atoms with Crippen LogP contribution in [-0.2, 0) is 0 Å². The molecule has 0 bridgehead atoms. The standard InChI is InChI=1S/C8H13N3/c9-5-7(6-10)8-3-1-2-4-11-8/h1-4,7H,5-6,9-10H2. The number of aromatic nitrogens is 1. The van der Waals surface area contributed by atoms with Crippen LogP contribution < -0.4 is 11.5 Å². The molecule has 0 atom stereocenters. The van der Waals surface area contributed by atoms with Gasteiger partial charge >= 0.3 is 0 Å². The zero-order valence-corrected chi connectivity index (χ0v) is 6.40. The Morgan fingerprint density at radius 1 is 1.27 bits per heavy atom. The van der Waals surface area contributed by atoms with Gasteiger partial charge in [-0.2, -0.15) is 0 Å². The van der Waals surface area contributed by atoms with Crippen molar-refractivity contribution in [1.82, 2.24) is 4.98 Å². The van der Waals surface area contributed by atoms with Gasteiger partial charge in [-0.15, -0.1) is 0 Å². The summed E-state index contributed by atoms with van der Waals surface area (Å²) in [4.78, 5) is 4.16. The van der Waals surface area contributed by atoms with Crippen LogP contribution in [0.1, 0.15) is 11.6 Å². The fourth-order valence-electron chi connectivity index (χ4n) is 0.955. The molecule has 0 spiro atoms.